The Morgan fingerprint density at radius 3 is 2.58 bits per heavy atom. The van der Waals surface area contributed by atoms with Crippen molar-refractivity contribution in [3.05, 3.63) is 46.7 Å². The molecule has 0 bridgehead atoms. The molecule has 0 aliphatic carbocycles. The van der Waals surface area contributed by atoms with Gasteiger partial charge in [0.25, 0.3) is 6.47 Å². The highest BCUT2D eigenvalue weighted by atomic mass is 35.5. The van der Waals surface area contributed by atoms with Gasteiger partial charge in [-0.15, -0.1) is 0 Å². The van der Waals surface area contributed by atoms with Crippen LogP contribution in [0.1, 0.15) is 44.7 Å². The lowest BCUT2D eigenvalue weighted by molar-refractivity contribution is -0.137. The highest BCUT2D eigenvalue weighted by Crippen LogP contribution is 2.43. The molecule has 3 atom stereocenters. The van der Waals surface area contributed by atoms with E-state index < -0.39 is 5.92 Å². The monoisotopic (exact) mass is 447 g/mol. The van der Waals surface area contributed by atoms with Gasteiger partial charge in [-0.1, -0.05) is 44.0 Å². The van der Waals surface area contributed by atoms with E-state index in [4.69, 9.17) is 16.3 Å². The number of amides is 3. The molecule has 0 saturated carbocycles. The van der Waals surface area contributed by atoms with E-state index in [1.807, 2.05) is 24.3 Å². The summed E-state index contributed by atoms with van der Waals surface area (Å²) >= 11 is 6.08. The highest BCUT2D eigenvalue weighted by Gasteiger charge is 2.48. The third kappa shape index (κ3) is 5.03. The molecule has 3 unspecified atom stereocenters. The van der Waals surface area contributed by atoms with Crippen LogP contribution in [0.2, 0.25) is 5.02 Å². The molecule has 7 nitrogen and oxygen atoms in total. The van der Waals surface area contributed by atoms with Crippen LogP contribution in [-0.2, 0) is 14.3 Å². The predicted molar refractivity (Wildman–Crippen MR) is 118 cm³/mol. The van der Waals surface area contributed by atoms with Gasteiger partial charge in [-0.25, -0.2) is 4.79 Å². The predicted octanol–water partition coefficient (Wildman–Crippen LogP) is 3.95. The molecule has 0 aromatic heterocycles. The SMILES string of the molecule is CC(C)CCC1C2C(=O)N(CCCOC=O)C(=O)N(C)C2=CNC1c1ccc(Cl)cc1. The Hall–Kier alpha value is -2.54. The molecule has 3 amide bonds. The molecule has 2 aliphatic heterocycles. The molecule has 1 saturated heterocycles. The fourth-order valence-corrected chi connectivity index (χ4v) is 4.53. The number of nitrogens with zero attached hydrogens (tertiary/aromatic N) is 2. The van der Waals surface area contributed by atoms with Gasteiger partial charge in [0.1, 0.15) is 0 Å². The average Bonchev–Trinajstić information content (AvgIpc) is 2.75. The Labute approximate surface area is 188 Å². The second-order valence-electron chi connectivity index (χ2n) is 8.53. The maximum absolute atomic E-state index is 13.5. The van der Waals surface area contributed by atoms with Gasteiger partial charge in [-0.3, -0.25) is 19.4 Å². The van der Waals surface area contributed by atoms with Crippen LogP contribution in [0.25, 0.3) is 0 Å². The van der Waals surface area contributed by atoms with Gasteiger partial charge in [0.05, 0.1) is 24.3 Å². The van der Waals surface area contributed by atoms with E-state index in [2.05, 4.69) is 19.2 Å². The Morgan fingerprint density at radius 2 is 1.94 bits per heavy atom. The first-order valence-electron chi connectivity index (χ1n) is 10.7. The number of hydrogen-bond acceptors (Lipinski definition) is 5. The lowest BCUT2D eigenvalue weighted by atomic mass is 9.74. The summed E-state index contributed by atoms with van der Waals surface area (Å²) in [5.74, 6) is -0.125. The van der Waals surface area contributed by atoms with Gasteiger partial charge in [-0.2, -0.15) is 0 Å². The number of carbonyl (C=O) groups excluding carboxylic acids is 3. The van der Waals surface area contributed by atoms with Crippen LogP contribution < -0.4 is 5.32 Å². The number of halogens is 1. The Morgan fingerprint density at radius 1 is 1.23 bits per heavy atom. The molecule has 1 N–H and O–H groups in total. The van der Waals surface area contributed by atoms with Crippen LogP contribution in [-0.4, -0.2) is 48.4 Å². The van der Waals surface area contributed by atoms with E-state index in [0.717, 1.165) is 18.4 Å². The standard InChI is InChI=1S/C23H30ClN3O4/c1-15(2)5-10-18-20-19(13-25-21(18)16-6-8-17(24)9-7-16)26(3)23(30)27(22(20)29)11-4-12-31-14-28/h6-9,13-15,18,20-21,25H,4-5,10-12H2,1-3H3. The summed E-state index contributed by atoms with van der Waals surface area (Å²) in [6.45, 7) is 5.10. The lowest BCUT2D eigenvalue weighted by Gasteiger charge is -2.46. The van der Waals surface area contributed by atoms with E-state index in [1.165, 1.54) is 4.90 Å². The van der Waals surface area contributed by atoms with Crippen molar-refractivity contribution in [2.24, 2.45) is 17.8 Å². The summed E-state index contributed by atoms with van der Waals surface area (Å²) in [4.78, 5) is 39.6. The van der Waals surface area contributed by atoms with Crippen LogP contribution in [0.3, 0.4) is 0 Å². The molecule has 2 aliphatic rings. The normalized spacial score (nSPS) is 23.4. The smallest absolute Gasteiger partial charge is 0.330 e. The first kappa shape index (κ1) is 23.1. The lowest BCUT2D eigenvalue weighted by Crippen LogP contribution is -2.58. The van der Waals surface area contributed by atoms with Crippen molar-refractivity contribution in [2.45, 2.75) is 39.2 Å². The number of imide groups is 1. The van der Waals surface area contributed by atoms with Crippen molar-refractivity contribution in [1.29, 1.82) is 0 Å². The van der Waals surface area contributed by atoms with E-state index in [1.54, 1.807) is 18.1 Å². The van der Waals surface area contributed by atoms with Crippen LogP contribution in [0, 0.1) is 17.8 Å². The summed E-state index contributed by atoms with van der Waals surface area (Å²) in [5, 5.41) is 4.11. The van der Waals surface area contributed by atoms with Crippen LogP contribution in [0.5, 0.6) is 0 Å². The van der Waals surface area contributed by atoms with Crippen molar-refractivity contribution in [2.75, 3.05) is 20.2 Å². The van der Waals surface area contributed by atoms with Gasteiger partial charge >= 0.3 is 6.03 Å². The largest absolute Gasteiger partial charge is 0.468 e. The molecule has 8 heteroatoms. The van der Waals surface area contributed by atoms with E-state index in [0.29, 0.717) is 29.5 Å². The van der Waals surface area contributed by atoms with Gasteiger partial charge in [-0.05, 0) is 36.5 Å². The summed E-state index contributed by atoms with van der Waals surface area (Å²) in [5.41, 5.74) is 1.76. The number of urea groups is 1. The second kappa shape index (κ2) is 10.2. The maximum atomic E-state index is 13.5. The zero-order valence-corrected chi connectivity index (χ0v) is 19.0. The first-order valence-corrected chi connectivity index (χ1v) is 11.1. The van der Waals surface area contributed by atoms with E-state index in [9.17, 15) is 14.4 Å². The van der Waals surface area contributed by atoms with Gasteiger partial charge < -0.3 is 10.1 Å². The number of benzene rings is 1. The van der Waals surface area contributed by atoms with Crippen molar-refractivity contribution in [1.82, 2.24) is 15.1 Å². The molecular weight excluding hydrogens is 418 g/mol. The number of nitrogens with one attached hydrogen (secondary N) is 1. The summed E-state index contributed by atoms with van der Waals surface area (Å²) in [7, 11) is 1.70. The Kier molecular flexibility index (Phi) is 7.59. The minimum atomic E-state index is -0.421. The molecule has 0 spiro atoms. The van der Waals surface area contributed by atoms with Crippen molar-refractivity contribution in [3.63, 3.8) is 0 Å². The number of rotatable bonds is 9. The molecule has 2 heterocycles. The minimum Gasteiger partial charge on any atom is -0.468 e. The third-order valence-corrected chi connectivity index (χ3v) is 6.29. The van der Waals surface area contributed by atoms with Crippen molar-refractivity contribution in [3.8, 4) is 0 Å². The maximum Gasteiger partial charge on any atom is 0.330 e. The molecule has 3 rings (SSSR count). The molecule has 0 radical (unpaired) electrons. The van der Waals surface area contributed by atoms with Gasteiger partial charge in [0.15, 0.2) is 0 Å². The average molecular weight is 448 g/mol. The zero-order chi connectivity index (χ0) is 22.5. The molecule has 168 valence electrons. The summed E-state index contributed by atoms with van der Waals surface area (Å²) < 4.78 is 4.72. The van der Waals surface area contributed by atoms with Gasteiger partial charge in [0, 0.05) is 30.7 Å². The fourth-order valence-electron chi connectivity index (χ4n) is 4.40. The summed E-state index contributed by atoms with van der Waals surface area (Å²) in [6.07, 6.45) is 4.03. The quantitative estimate of drug-likeness (QED) is 0.458. The number of ether oxygens (including phenoxy) is 1. The molecule has 1 aromatic carbocycles. The molecule has 31 heavy (non-hydrogen) atoms. The van der Waals surface area contributed by atoms with Gasteiger partial charge in [0.2, 0.25) is 5.91 Å². The zero-order valence-electron chi connectivity index (χ0n) is 18.2. The topological polar surface area (TPSA) is 79.0 Å². The minimum absolute atomic E-state index is 0.0136. The highest BCUT2D eigenvalue weighted by molar-refractivity contribution is 6.30. The fraction of sp³-hybridized carbons (Fsp3) is 0.522. The molecule has 1 aromatic rings. The van der Waals surface area contributed by atoms with E-state index >= 15 is 0 Å². The Balaban J connectivity index is 1.92. The third-order valence-electron chi connectivity index (χ3n) is 6.04. The van der Waals surface area contributed by atoms with E-state index in [-0.39, 0.29) is 37.0 Å². The Bertz CT molecular complexity index is 840. The number of fused-ring (bicyclic) bond motifs is 1. The first-order chi connectivity index (χ1) is 14.8. The van der Waals surface area contributed by atoms with Crippen LogP contribution in [0.4, 0.5) is 4.79 Å². The number of carbonyl (C=O) groups is 3. The molecular formula is C23H30ClN3O4. The molecule has 1 fully saturated rings. The van der Waals surface area contributed by atoms with Crippen molar-refractivity contribution < 1.29 is 19.1 Å². The second-order valence-corrected chi connectivity index (χ2v) is 8.97. The van der Waals surface area contributed by atoms with Crippen LogP contribution >= 0.6 is 11.6 Å². The summed E-state index contributed by atoms with van der Waals surface area (Å²) in [6, 6.07) is 7.27. The number of hydrogen-bond donors (Lipinski definition) is 1. The van der Waals surface area contributed by atoms with Crippen molar-refractivity contribution >= 4 is 30.0 Å². The van der Waals surface area contributed by atoms with Crippen LogP contribution in [0.15, 0.2) is 36.2 Å².